The highest BCUT2D eigenvalue weighted by Gasteiger charge is 2.39. The zero-order valence-electron chi connectivity index (χ0n) is 12.7. The molecule has 2 aliphatic carbocycles. The van der Waals surface area contributed by atoms with Crippen LogP contribution in [0.5, 0.6) is 0 Å². The molecule has 2 fully saturated rings. The summed E-state index contributed by atoms with van der Waals surface area (Å²) in [5, 5.41) is 3.95. The second-order valence-corrected chi connectivity index (χ2v) is 8.76. The summed E-state index contributed by atoms with van der Waals surface area (Å²) >= 11 is 2.09. The summed E-state index contributed by atoms with van der Waals surface area (Å²) in [7, 11) is 0. The number of rotatable bonds is 4. The van der Waals surface area contributed by atoms with Gasteiger partial charge in [-0.1, -0.05) is 40.0 Å². The van der Waals surface area contributed by atoms with Crippen LogP contribution in [0.15, 0.2) is 0 Å². The highest BCUT2D eigenvalue weighted by molar-refractivity contribution is 8.00. The van der Waals surface area contributed by atoms with Crippen LogP contribution in [0.1, 0.15) is 65.7 Å². The molecule has 106 valence electrons. The van der Waals surface area contributed by atoms with Gasteiger partial charge in [0.25, 0.3) is 0 Å². The molecule has 0 aromatic rings. The van der Waals surface area contributed by atoms with Gasteiger partial charge in [0.05, 0.1) is 0 Å². The van der Waals surface area contributed by atoms with Gasteiger partial charge < -0.3 is 5.32 Å². The topological polar surface area (TPSA) is 12.0 Å². The van der Waals surface area contributed by atoms with E-state index in [9.17, 15) is 0 Å². The van der Waals surface area contributed by atoms with E-state index in [0.717, 1.165) is 12.0 Å². The molecule has 0 radical (unpaired) electrons. The van der Waals surface area contributed by atoms with E-state index in [1.807, 2.05) is 0 Å². The molecule has 2 atom stereocenters. The van der Waals surface area contributed by atoms with Crippen LogP contribution in [0, 0.1) is 11.3 Å². The normalized spacial score (nSPS) is 32.0. The predicted molar refractivity (Wildman–Crippen MR) is 83.3 cm³/mol. The fourth-order valence-electron chi connectivity index (χ4n) is 3.75. The Morgan fingerprint density at radius 2 is 1.78 bits per heavy atom. The fraction of sp³-hybridized carbons (Fsp3) is 1.00. The molecule has 0 aliphatic heterocycles. The van der Waals surface area contributed by atoms with Gasteiger partial charge in [-0.25, -0.2) is 0 Å². The second kappa shape index (κ2) is 5.75. The molecule has 0 heterocycles. The Hall–Kier alpha value is 0.310. The summed E-state index contributed by atoms with van der Waals surface area (Å²) < 4.78 is 0.583. The van der Waals surface area contributed by atoms with Gasteiger partial charge in [-0.2, -0.15) is 11.8 Å². The highest BCUT2D eigenvalue weighted by atomic mass is 32.2. The van der Waals surface area contributed by atoms with Gasteiger partial charge in [-0.05, 0) is 43.3 Å². The van der Waals surface area contributed by atoms with Crippen LogP contribution < -0.4 is 5.32 Å². The van der Waals surface area contributed by atoms with Crippen LogP contribution >= 0.6 is 11.8 Å². The molecule has 2 rings (SSSR count). The van der Waals surface area contributed by atoms with Crippen molar-refractivity contribution in [3.8, 4) is 0 Å². The van der Waals surface area contributed by atoms with Crippen molar-refractivity contribution >= 4 is 11.8 Å². The fourth-order valence-corrected chi connectivity index (χ4v) is 4.68. The molecule has 1 nitrogen and oxygen atoms in total. The molecule has 0 spiro atoms. The maximum absolute atomic E-state index is 3.95. The Bertz CT molecular complexity index is 259. The minimum absolute atomic E-state index is 0.463. The van der Waals surface area contributed by atoms with E-state index in [4.69, 9.17) is 0 Å². The minimum atomic E-state index is 0.463. The van der Waals surface area contributed by atoms with Crippen molar-refractivity contribution in [1.82, 2.24) is 5.32 Å². The molecular formula is C16H31NS. The molecule has 2 saturated carbocycles. The standard InChI is InChI=1S/C16H31NS/c1-15(2,3)13-8-5-6-9-14(13)17-12-16(18-4)10-7-11-16/h13-14,17H,5-12H2,1-4H3. The van der Waals surface area contributed by atoms with Crippen molar-refractivity contribution in [3.63, 3.8) is 0 Å². The summed E-state index contributed by atoms with van der Waals surface area (Å²) in [5.41, 5.74) is 0.463. The third-order valence-corrected chi connectivity index (χ3v) is 6.68. The molecule has 0 saturated heterocycles. The average Bonchev–Trinajstić information content (AvgIpc) is 2.27. The van der Waals surface area contributed by atoms with E-state index < -0.39 is 0 Å². The third-order valence-electron chi connectivity index (χ3n) is 5.26. The van der Waals surface area contributed by atoms with E-state index in [-0.39, 0.29) is 0 Å². The second-order valence-electron chi connectivity index (χ2n) is 7.49. The molecular weight excluding hydrogens is 238 g/mol. The Kier molecular flexibility index (Phi) is 4.70. The molecule has 2 aliphatic rings. The number of thioether (sulfide) groups is 1. The smallest absolute Gasteiger partial charge is 0.0281 e. The zero-order valence-corrected chi connectivity index (χ0v) is 13.5. The summed E-state index contributed by atoms with van der Waals surface area (Å²) in [6, 6.07) is 0.767. The number of nitrogens with one attached hydrogen (secondary N) is 1. The quantitative estimate of drug-likeness (QED) is 0.808. The molecule has 0 aromatic heterocycles. The first-order valence-corrected chi connectivity index (χ1v) is 8.98. The third kappa shape index (κ3) is 3.25. The largest absolute Gasteiger partial charge is 0.312 e. The van der Waals surface area contributed by atoms with Crippen LogP contribution in [0.25, 0.3) is 0 Å². The summed E-state index contributed by atoms with van der Waals surface area (Å²) in [5.74, 6) is 0.866. The summed E-state index contributed by atoms with van der Waals surface area (Å²) in [4.78, 5) is 0. The van der Waals surface area contributed by atoms with Crippen LogP contribution in [0.4, 0.5) is 0 Å². The van der Waals surface area contributed by atoms with Crippen molar-refractivity contribution in [2.24, 2.45) is 11.3 Å². The molecule has 0 bridgehead atoms. The lowest BCUT2D eigenvalue weighted by Crippen LogP contribution is -2.51. The van der Waals surface area contributed by atoms with E-state index in [1.54, 1.807) is 0 Å². The molecule has 0 aromatic carbocycles. The van der Waals surface area contributed by atoms with Crippen molar-refractivity contribution in [1.29, 1.82) is 0 Å². The maximum atomic E-state index is 3.95. The lowest BCUT2D eigenvalue weighted by Gasteiger charge is -2.45. The van der Waals surface area contributed by atoms with Gasteiger partial charge in [-0.15, -0.1) is 0 Å². The van der Waals surface area contributed by atoms with Gasteiger partial charge >= 0.3 is 0 Å². The first kappa shape index (κ1) is 14.7. The first-order chi connectivity index (χ1) is 8.47. The van der Waals surface area contributed by atoms with Crippen LogP contribution in [0.3, 0.4) is 0 Å². The molecule has 0 amide bonds. The van der Waals surface area contributed by atoms with E-state index in [2.05, 4.69) is 44.1 Å². The van der Waals surface area contributed by atoms with Gasteiger partial charge in [0, 0.05) is 17.3 Å². The molecule has 2 heteroatoms. The van der Waals surface area contributed by atoms with Gasteiger partial charge in [0.15, 0.2) is 0 Å². The highest BCUT2D eigenvalue weighted by Crippen LogP contribution is 2.43. The van der Waals surface area contributed by atoms with Crippen molar-refractivity contribution in [2.75, 3.05) is 12.8 Å². The number of hydrogen-bond donors (Lipinski definition) is 1. The molecule has 2 unspecified atom stereocenters. The maximum Gasteiger partial charge on any atom is 0.0281 e. The van der Waals surface area contributed by atoms with Crippen molar-refractivity contribution < 1.29 is 0 Å². The van der Waals surface area contributed by atoms with E-state index in [1.165, 1.54) is 51.5 Å². The SMILES string of the molecule is CSC1(CNC2CCCCC2C(C)(C)C)CCC1. The van der Waals surface area contributed by atoms with Gasteiger partial charge in [0.2, 0.25) is 0 Å². The summed E-state index contributed by atoms with van der Waals surface area (Å²) in [6.07, 6.45) is 12.3. The van der Waals surface area contributed by atoms with Crippen LogP contribution in [0.2, 0.25) is 0 Å². The average molecular weight is 269 g/mol. The van der Waals surface area contributed by atoms with Crippen molar-refractivity contribution in [2.45, 2.75) is 76.5 Å². The molecule has 18 heavy (non-hydrogen) atoms. The van der Waals surface area contributed by atoms with Gasteiger partial charge in [-0.3, -0.25) is 0 Å². The van der Waals surface area contributed by atoms with Crippen LogP contribution in [-0.2, 0) is 0 Å². The Morgan fingerprint density at radius 3 is 2.28 bits per heavy atom. The summed E-state index contributed by atoms with van der Waals surface area (Å²) in [6.45, 7) is 8.51. The lowest BCUT2D eigenvalue weighted by molar-refractivity contribution is 0.126. The molecule has 1 N–H and O–H groups in total. The van der Waals surface area contributed by atoms with E-state index >= 15 is 0 Å². The van der Waals surface area contributed by atoms with Crippen LogP contribution in [-0.4, -0.2) is 23.6 Å². The minimum Gasteiger partial charge on any atom is -0.312 e. The Labute approximate surface area is 118 Å². The zero-order chi connectivity index (χ0) is 13.2. The lowest BCUT2D eigenvalue weighted by atomic mass is 9.69. The number of hydrogen-bond acceptors (Lipinski definition) is 2. The van der Waals surface area contributed by atoms with E-state index in [0.29, 0.717) is 10.2 Å². The first-order valence-electron chi connectivity index (χ1n) is 7.75. The van der Waals surface area contributed by atoms with Crippen molar-refractivity contribution in [3.05, 3.63) is 0 Å². The van der Waals surface area contributed by atoms with Gasteiger partial charge in [0.1, 0.15) is 0 Å². The Balaban J connectivity index is 1.89. The Morgan fingerprint density at radius 1 is 1.11 bits per heavy atom. The monoisotopic (exact) mass is 269 g/mol. The predicted octanol–water partition coefficient (Wildman–Crippen LogP) is 4.47.